The van der Waals surface area contributed by atoms with Gasteiger partial charge in [-0.05, 0) is 37.5 Å². The molecule has 0 radical (unpaired) electrons. The summed E-state index contributed by atoms with van der Waals surface area (Å²) in [5.74, 6) is 0.350. The van der Waals surface area contributed by atoms with E-state index < -0.39 is 0 Å². The number of fused-ring (bicyclic) bond motifs is 3. The Kier molecular flexibility index (Phi) is 4.99. The lowest BCUT2D eigenvalue weighted by Crippen LogP contribution is -2.27. The van der Waals surface area contributed by atoms with Gasteiger partial charge >= 0.3 is 12.0 Å². The maximum absolute atomic E-state index is 14.4. The first-order valence-corrected chi connectivity index (χ1v) is 10.3. The van der Waals surface area contributed by atoms with Crippen molar-refractivity contribution in [1.82, 2.24) is 24.9 Å². The van der Waals surface area contributed by atoms with Gasteiger partial charge in [0.2, 0.25) is 0 Å². The zero-order valence-corrected chi connectivity index (χ0v) is 17.1. The van der Waals surface area contributed by atoms with Crippen molar-refractivity contribution in [1.29, 1.82) is 0 Å². The van der Waals surface area contributed by atoms with E-state index in [4.69, 9.17) is 15.5 Å². The molecule has 4 N–H and O–H groups in total. The molecule has 5 rings (SSSR count). The number of hydrogen-bond acceptors (Lipinski definition) is 8. The summed E-state index contributed by atoms with van der Waals surface area (Å²) in [4.78, 5) is 22.9. The molecule has 4 aromatic rings. The van der Waals surface area contributed by atoms with Gasteiger partial charge < -0.3 is 25.7 Å². The molecule has 160 valence electrons. The summed E-state index contributed by atoms with van der Waals surface area (Å²) >= 11 is 0. The highest BCUT2D eigenvalue weighted by Gasteiger charge is 2.23. The molecule has 0 saturated carbocycles. The third-order valence-corrected chi connectivity index (χ3v) is 5.55. The molecule has 4 heterocycles. The van der Waals surface area contributed by atoms with E-state index in [-0.39, 0.29) is 23.9 Å². The van der Waals surface area contributed by atoms with E-state index in [0.717, 1.165) is 43.3 Å². The lowest BCUT2D eigenvalue weighted by molar-refractivity contribution is 0.408. The molecule has 10 heteroatoms. The quantitative estimate of drug-likeness (QED) is 0.459. The van der Waals surface area contributed by atoms with Crippen LogP contribution in [0.3, 0.4) is 0 Å². The Bertz CT molecular complexity index is 1230. The number of anilines is 2. The van der Waals surface area contributed by atoms with Crippen molar-refractivity contribution in [3.05, 3.63) is 36.4 Å². The van der Waals surface area contributed by atoms with Crippen molar-refractivity contribution in [3.8, 4) is 12.0 Å². The number of hydrogen-bond donors (Lipinski definition) is 3. The first-order chi connectivity index (χ1) is 15.1. The molecular formula is C21H23FN8O. The Morgan fingerprint density at radius 2 is 2.00 bits per heavy atom. The second kappa shape index (κ2) is 7.95. The van der Waals surface area contributed by atoms with Crippen molar-refractivity contribution in [3.63, 3.8) is 0 Å². The van der Waals surface area contributed by atoms with Gasteiger partial charge in [0.05, 0.1) is 16.6 Å². The van der Waals surface area contributed by atoms with Gasteiger partial charge in [-0.1, -0.05) is 0 Å². The smallest absolute Gasteiger partial charge is 0.328 e. The summed E-state index contributed by atoms with van der Waals surface area (Å²) < 4.78 is 20.1. The Morgan fingerprint density at radius 3 is 2.81 bits per heavy atom. The molecule has 1 saturated heterocycles. The van der Waals surface area contributed by atoms with Crippen molar-refractivity contribution < 1.29 is 9.13 Å². The van der Waals surface area contributed by atoms with E-state index in [1.54, 1.807) is 25.5 Å². The number of aromatic nitrogens is 5. The maximum atomic E-state index is 14.4. The highest BCUT2D eigenvalue weighted by Crippen LogP contribution is 2.37. The second-order valence-corrected chi connectivity index (χ2v) is 7.62. The standard InChI is InChI=1S/C21H23FN8O/c1-24-15-11-12(22)10-14-16-18(27-17(14)15)28-21(31-20-25-6-3-7-26-20)29-19(16)30-8-2-4-13(23)5-9-30/h3,6-7,10-11,13,24H,2,4-5,8-9,23H2,1H3,(H,27,28,29). The van der Waals surface area contributed by atoms with E-state index in [2.05, 4.69) is 30.2 Å². The lowest BCUT2D eigenvalue weighted by Gasteiger charge is -2.22. The third-order valence-electron chi connectivity index (χ3n) is 5.55. The van der Waals surface area contributed by atoms with E-state index >= 15 is 0 Å². The minimum atomic E-state index is -0.334. The number of aromatic amines is 1. The van der Waals surface area contributed by atoms with E-state index in [1.807, 2.05) is 0 Å². The van der Waals surface area contributed by atoms with Gasteiger partial charge in [0.15, 0.2) is 0 Å². The van der Waals surface area contributed by atoms with Crippen LogP contribution in [0.2, 0.25) is 0 Å². The molecule has 1 aromatic carbocycles. The van der Waals surface area contributed by atoms with Gasteiger partial charge in [-0.2, -0.15) is 9.97 Å². The number of halogens is 1. The molecule has 0 bridgehead atoms. The monoisotopic (exact) mass is 422 g/mol. The van der Waals surface area contributed by atoms with Crippen molar-refractivity contribution in [2.45, 2.75) is 25.3 Å². The van der Waals surface area contributed by atoms with Crippen LogP contribution in [0, 0.1) is 5.82 Å². The molecule has 31 heavy (non-hydrogen) atoms. The van der Waals surface area contributed by atoms with Crippen LogP contribution in [-0.2, 0) is 0 Å². The van der Waals surface area contributed by atoms with Crippen LogP contribution in [0.1, 0.15) is 19.3 Å². The Morgan fingerprint density at radius 1 is 1.16 bits per heavy atom. The molecule has 1 atom stereocenters. The summed E-state index contributed by atoms with van der Waals surface area (Å²) in [6.07, 6.45) is 5.93. The van der Waals surface area contributed by atoms with Gasteiger partial charge in [-0.25, -0.2) is 14.4 Å². The summed E-state index contributed by atoms with van der Waals surface area (Å²) in [5.41, 5.74) is 8.14. The van der Waals surface area contributed by atoms with Crippen LogP contribution in [0.15, 0.2) is 30.6 Å². The zero-order valence-electron chi connectivity index (χ0n) is 17.1. The summed E-state index contributed by atoms with van der Waals surface area (Å²) in [6.45, 7) is 1.54. The Hall–Kier alpha value is -3.53. The number of nitrogens with one attached hydrogen (secondary N) is 2. The SMILES string of the molecule is CNc1cc(F)cc2c1[nH]c1nc(Oc3ncccn3)nc(N3CCCC(N)CC3)c12. The number of rotatable bonds is 4. The Balaban J connectivity index is 1.71. The third kappa shape index (κ3) is 3.70. The molecule has 3 aromatic heterocycles. The maximum Gasteiger partial charge on any atom is 0.328 e. The lowest BCUT2D eigenvalue weighted by atomic mass is 10.1. The topological polar surface area (TPSA) is 118 Å². The van der Waals surface area contributed by atoms with Crippen LogP contribution in [0.25, 0.3) is 21.9 Å². The fourth-order valence-corrected chi connectivity index (χ4v) is 4.05. The highest BCUT2D eigenvalue weighted by molar-refractivity contribution is 6.14. The average Bonchev–Trinajstić information content (AvgIpc) is 2.99. The van der Waals surface area contributed by atoms with E-state index in [9.17, 15) is 4.39 Å². The number of H-pyrrole nitrogens is 1. The second-order valence-electron chi connectivity index (χ2n) is 7.62. The molecule has 1 aliphatic rings. The molecule has 1 unspecified atom stereocenters. The molecule has 9 nitrogen and oxygen atoms in total. The van der Waals surface area contributed by atoms with Gasteiger partial charge in [0, 0.05) is 44.0 Å². The number of ether oxygens (including phenoxy) is 1. The van der Waals surface area contributed by atoms with Crippen molar-refractivity contribution in [2.75, 3.05) is 30.4 Å². The van der Waals surface area contributed by atoms with Gasteiger partial charge in [0.25, 0.3) is 0 Å². The fourth-order valence-electron chi connectivity index (χ4n) is 4.05. The van der Waals surface area contributed by atoms with Gasteiger partial charge in [-0.15, -0.1) is 0 Å². The largest absolute Gasteiger partial charge is 0.388 e. The molecule has 0 amide bonds. The predicted molar refractivity (Wildman–Crippen MR) is 117 cm³/mol. The van der Waals surface area contributed by atoms with Gasteiger partial charge in [0.1, 0.15) is 17.3 Å². The normalized spacial score (nSPS) is 17.1. The Labute approximate surface area is 177 Å². The minimum absolute atomic E-state index is 0.125. The van der Waals surface area contributed by atoms with Crippen molar-refractivity contribution >= 4 is 33.4 Å². The predicted octanol–water partition coefficient (Wildman–Crippen LogP) is 3.19. The highest BCUT2D eigenvalue weighted by atomic mass is 19.1. The van der Waals surface area contributed by atoms with Crippen LogP contribution in [0.5, 0.6) is 12.0 Å². The van der Waals surface area contributed by atoms with E-state index in [0.29, 0.717) is 22.5 Å². The van der Waals surface area contributed by atoms with Crippen LogP contribution < -0.4 is 20.7 Å². The van der Waals surface area contributed by atoms with Crippen molar-refractivity contribution in [2.24, 2.45) is 5.73 Å². The zero-order chi connectivity index (χ0) is 21.4. The first-order valence-electron chi connectivity index (χ1n) is 10.3. The summed E-state index contributed by atoms with van der Waals surface area (Å²) in [5, 5.41) is 4.51. The van der Waals surface area contributed by atoms with Crippen LogP contribution in [0.4, 0.5) is 15.9 Å². The first kappa shape index (κ1) is 19.4. The van der Waals surface area contributed by atoms with Gasteiger partial charge in [-0.3, -0.25) is 0 Å². The molecule has 0 spiro atoms. The van der Waals surface area contributed by atoms with E-state index in [1.165, 1.54) is 12.1 Å². The summed E-state index contributed by atoms with van der Waals surface area (Å²) in [7, 11) is 1.75. The molecular weight excluding hydrogens is 399 g/mol. The summed E-state index contributed by atoms with van der Waals surface area (Å²) in [6, 6.07) is 5.10. The number of nitrogens with two attached hydrogens (primary N) is 1. The fraction of sp³-hybridized carbons (Fsp3) is 0.333. The van der Waals surface area contributed by atoms with Crippen LogP contribution >= 0.6 is 0 Å². The van der Waals surface area contributed by atoms with Crippen LogP contribution in [-0.4, -0.2) is 51.1 Å². The number of nitrogens with zero attached hydrogens (tertiary/aromatic N) is 5. The molecule has 1 aliphatic heterocycles. The number of benzene rings is 1. The minimum Gasteiger partial charge on any atom is -0.388 e. The molecule has 0 aliphatic carbocycles. The molecule has 1 fully saturated rings. The average molecular weight is 422 g/mol.